The maximum atomic E-state index is 14.7. The first-order valence-electron chi connectivity index (χ1n) is 8.66. The molecule has 2 N–H and O–H groups in total. The lowest BCUT2D eigenvalue weighted by Crippen LogP contribution is -2.49. The Morgan fingerprint density at radius 3 is 2.50 bits per heavy atom. The van der Waals surface area contributed by atoms with Crippen molar-refractivity contribution in [2.75, 3.05) is 11.5 Å². The average Bonchev–Trinajstić information content (AvgIpc) is 2.85. The SMILES string of the molecule is O=C1N([C@@H](c2cccc(F)c2)[C@H](O)CO)c2c(F)cccc2C12CCC2. The van der Waals surface area contributed by atoms with Gasteiger partial charge in [0.15, 0.2) is 0 Å². The van der Waals surface area contributed by atoms with Crippen LogP contribution in [0, 0.1) is 11.6 Å². The molecule has 0 saturated heterocycles. The molecule has 1 saturated carbocycles. The Hall–Kier alpha value is -2.31. The summed E-state index contributed by atoms with van der Waals surface area (Å²) in [5, 5.41) is 20.0. The molecule has 1 aliphatic heterocycles. The smallest absolute Gasteiger partial charge is 0.238 e. The van der Waals surface area contributed by atoms with E-state index in [0.29, 0.717) is 24.0 Å². The molecule has 2 aliphatic rings. The third-order valence-corrected chi connectivity index (χ3v) is 5.60. The number of halogens is 2. The number of nitrogens with zero attached hydrogens (tertiary/aromatic N) is 1. The second-order valence-electron chi connectivity index (χ2n) is 7.00. The van der Waals surface area contributed by atoms with Gasteiger partial charge in [-0.2, -0.15) is 0 Å². The molecule has 1 heterocycles. The fraction of sp³-hybridized carbons (Fsp3) is 0.350. The average molecular weight is 359 g/mol. The highest BCUT2D eigenvalue weighted by Crippen LogP contribution is 2.56. The van der Waals surface area contributed by atoms with Gasteiger partial charge in [-0.3, -0.25) is 9.69 Å². The minimum atomic E-state index is -1.37. The van der Waals surface area contributed by atoms with Crippen LogP contribution in [0.25, 0.3) is 0 Å². The Morgan fingerprint density at radius 1 is 1.15 bits per heavy atom. The number of anilines is 1. The van der Waals surface area contributed by atoms with Gasteiger partial charge in [0, 0.05) is 0 Å². The zero-order chi connectivity index (χ0) is 18.5. The van der Waals surface area contributed by atoms with Crippen molar-refractivity contribution >= 4 is 11.6 Å². The first kappa shape index (κ1) is 17.1. The lowest BCUT2D eigenvalue weighted by atomic mass is 9.65. The first-order valence-corrected chi connectivity index (χ1v) is 8.66. The fourth-order valence-electron chi connectivity index (χ4n) is 4.21. The van der Waals surface area contributed by atoms with Crippen LogP contribution in [0.5, 0.6) is 0 Å². The van der Waals surface area contributed by atoms with Gasteiger partial charge >= 0.3 is 0 Å². The molecule has 1 spiro atoms. The van der Waals surface area contributed by atoms with E-state index in [2.05, 4.69) is 0 Å². The lowest BCUT2D eigenvalue weighted by Gasteiger charge is -2.39. The lowest BCUT2D eigenvalue weighted by molar-refractivity contribution is -0.127. The summed E-state index contributed by atoms with van der Waals surface area (Å²) in [7, 11) is 0. The van der Waals surface area contributed by atoms with Crippen LogP contribution in [-0.4, -0.2) is 28.8 Å². The summed E-state index contributed by atoms with van der Waals surface area (Å²) in [6.07, 6.45) is 0.722. The van der Waals surface area contributed by atoms with Crippen LogP contribution in [0.3, 0.4) is 0 Å². The van der Waals surface area contributed by atoms with Gasteiger partial charge in [0.1, 0.15) is 17.7 Å². The molecule has 1 amide bonds. The number of benzene rings is 2. The molecule has 2 aromatic rings. The van der Waals surface area contributed by atoms with Crippen molar-refractivity contribution in [3.63, 3.8) is 0 Å². The van der Waals surface area contributed by atoms with E-state index >= 15 is 0 Å². The summed E-state index contributed by atoms with van der Waals surface area (Å²) in [5.74, 6) is -1.40. The molecule has 0 radical (unpaired) electrons. The minimum Gasteiger partial charge on any atom is -0.394 e. The highest BCUT2D eigenvalue weighted by molar-refractivity contribution is 6.09. The second-order valence-corrected chi connectivity index (χ2v) is 7.00. The summed E-state index contributed by atoms with van der Waals surface area (Å²) in [6.45, 7) is -0.637. The van der Waals surface area contributed by atoms with Crippen molar-refractivity contribution < 1.29 is 23.8 Å². The first-order chi connectivity index (χ1) is 12.5. The molecular weight excluding hydrogens is 340 g/mol. The van der Waals surface area contributed by atoms with Gasteiger partial charge in [0.25, 0.3) is 0 Å². The van der Waals surface area contributed by atoms with E-state index in [0.717, 1.165) is 6.42 Å². The Balaban J connectivity index is 1.91. The van der Waals surface area contributed by atoms with Gasteiger partial charge in [0.05, 0.1) is 23.8 Å². The van der Waals surface area contributed by atoms with Crippen LogP contribution < -0.4 is 4.90 Å². The van der Waals surface area contributed by atoms with E-state index in [1.807, 2.05) is 0 Å². The topological polar surface area (TPSA) is 60.8 Å². The van der Waals surface area contributed by atoms with Crippen LogP contribution >= 0.6 is 0 Å². The van der Waals surface area contributed by atoms with E-state index in [1.54, 1.807) is 18.2 Å². The number of aliphatic hydroxyl groups excluding tert-OH is 2. The van der Waals surface area contributed by atoms with Crippen LogP contribution in [0.2, 0.25) is 0 Å². The number of hydrogen-bond acceptors (Lipinski definition) is 3. The van der Waals surface area contributed by atoms with Gasteiger partial charge in [-0.05, 0) is 42.2 Å². The predicted molar refractivity (Wildman–Crippen MR) is 91.6 cm³/mol. The number of para-hydroxylation sites is 1. The number of amides is 1. The molecule has 1 fully saturated rings. The quantitative estimate of drug-likeness (QED) is 0.883. The van der Waals surface area contributed by atoms with Gasteiger partial charge in [0.2, 0.25) is 5.91 Å². The van der Waals surface area contributed by atoms with Crippen molar-refractivity contribution in [2.45, 2.75) is 36.8 Å². The number of carbonyl (C=O) groups excluding carboxylic acids is 1. The van der Waals surface area contributed by atoms with E-state index in [-0.39, 0.29) is 11.6 Å². The van der Waals surface area contributed by atoms with Crippen LogP contribution in [-0.2, 0) is 10.2 Å². The van der Waals surface area contributed by atoms with Crippen LogP contribution in [0.4, 0.5) is 14.5 Å². The largest absolute Gasteiger partial charge is 0.394 e. The predicted octanol–water partition coefficient (Wildman–Crippen LogP) is 2.83. The molecule has 2 aromatic carbocycles. The van der Waals surface area contributed by atoms with E-state index in [4.69, 9.17) is 0 Å². The van der Waals surface area contributed by atoms with Crippen molar-refractivity contribution in [3.8, 4) is 0 Å². The molecule has 2 atom stereocenters. The third kappa shape index (κ3) is 2.29. The Bertz CT molecular complexity index is 866. The summed E-state index contributed by atoms with van der Waals surface area (Å²) in [4.78, 5) is 14.5. The second kappa shape index (κ2) is 6.14. The third-order valence-electron chi connectivity index (χ3n) is 5.60. The Labute approximate surface area is 149 Å². The zero-order valence-corrected chi connectivity index (χ0v) is 14.0. The molecule has 4 rings (SSSR count). The Morgan fingerprint density at radius 2 is 1.88 bits per heavy atom. The van der Waals surface area contributed by atoms with E-state index in [9.17, 15) is 23.8 Å². The molecule has 6 heteroatoms. The fourth-order valence-corrected chi connectivity index (χ4v) is 4.21. The monoisotopic (exact) mass is 359 g/mol. The summed E-state index contributed by atoms with van der Waals surface area (Å²) >= 11 is 0. The molecule has 0 unspecified atom stereocenters. The zero-order valence-electron chi connectivity index (χ0n) is 14.0. The highest BCUT2D eigenvalue weighted by atomic mass is 19.1. The Kier molecular flexibility index (Phi) is 4.04. The summed E-state index contributed by atoms with van der Waals surface area (Å²) in [6, 6.07) is 8.98. The van der Waals surface area contributed by atoms with E-state index in [1.165, 1.54) is 29.2 Å². The minimum absolute atomic E-state index is 0.124. The normalized spacial score (nSPS) is 20.0. The molecule has 4 nitrogen and oxygen atoms in total. The van der Waals surface area contributed by atoms with Gasteiger partial charge in [-0.25, -0.2) is 8.78 Å². The number of fused-ring (bicyclic) bond motifs is 2. The van der Waals surface area contributed by atoms with Gasteiger partial charge in [-0.1, -0.05) is 30.7 Å². The molecule has 136 valence electrons. The maximum Gasteiger partial charge on any atom is 0.238 e. The summed E-state index contributed by atoms with van der Waals surface area (Å²) in [5.41, 5.74) is 0.266. The van der Waals surface area contributed by atoms with Gasteiger partial charge in [-0.15, -0.1) is 0 Å². The van der Waals surface area contributed by atoms with Crippen molar-refractivity contribution in [1.82, 2.24) is 0 Å². The van der Waals surface area contributed by atoms with Crippen LogP contribution in [0.1, 0.15) is 36.4 Å². The number of carbonyl (C=O) groups is 1. The summed E-state index contributed by atoms with van der Waals surface area (Å²) < 4.78 is 28.5. The number of rotatable bonds is 4. The van der Waals surface area contributed by atoms with Gasteiger partial charge < -0.3 is 10.2 Å². The highest BCUT2D eigenvalue weighted by Gasteiger charge is 2.57. The number of aliphatic hydroxyl groups is 2. The standard InChI is InChI=1S/C20H19F2NO3/c21-13-5-1-4-12(10-13)17(16(25)11-24)23-18-14(6-2-7-15(18)22)20(19(23)26)8-3-9-20/h1-2,4-7,10,16-17,24-25H,3,8-9,11H2/t16-,17+/m1/s1. The van der Waals surface area contributed by atoms with Crippen molar-refractivity contribution in [1.29, 1.82) is 0 Å². The van der Waals surface area contributed by atoms with E-state index < -0.39 is 35.8 Å². The molecule has 1 aliphatic carbocycles. The molecule has 0 aromatic heterocycles. The molecule has 0 bridgehead atoms. The van der Waals surface area contributed by atoms with Crippen molar-refractivity contribution in [3.05, 3.63) is 65.2 Å². The van der Waals surface area contributed by atoms with Crippen molar-refractivity contribution in [2.24, 2.45) is 0 Å². The maximum absolute atomic E-state index is 14.7. The van der Waals surface area contributed by atoms with Crippen LogP contribution in [0.15, 0.2) is 42.5 Å². The number of hydrogen-bond donors (Lipinski definition) is 2. The molecular formula is C20H19F2NO3. The molecule has 26 heavy (non-hydrogen) atoms.